The quantitative estimate of drug-likeness (QED) is 0.710. The predicted octanol–water partition coefficient (Wildman–Crippen LogP) is -0.245. The van der Waals surface area contributed by atoms with Crippen LogP contribution in [-0.4, -0.2) is 19.9 Å². The summed E-state index contributed by atoms with van der Waals surface area (Å²) < 4.78 is 25.1. The van der Waals surface area contributed by atoms with Crippen LogP contribution in [0.3, 0.4) is 0 Å². The lowest BCUT2D eigenvalue weighted by Gasteiger charge is -2.03. The van der Waals surface area contributed by atoms with E-state index in [1.165, 1.54) is 18.3 Å². The summed E-state index contributed by atoms with van der Waals surface area (Å²) in [5, 5.41) is 16.9. The number of aromatic nitrogens is 1. The number of hydrogen-bond acceptors (Lipinski definition) is 5. The zero-order chi connectivity index (χ0) is 11.3. The van der Waals surface area contributed by atoms with E-state index in [2.05, 4.69) is 4.98 Å². The van der Waals surface area contributed by atoms with Crippen molar-refractivity contribution in [2.45, 2.75) is 4.90 Å². The number of rotatable bonds is 3. The predicted molar refractivity (Wildman–Crippen MR) is 49.8 cm³/mol. The van der Waals surface area contributed by atoms with Crippen LogP contribution in [0.2, 0.25) is 0 Å². The van der Waals surface area contributed by atoms with Gasteiger partial charge < -0.3 is 0 Å². The average molecular weight is 222 g/mol. The van der Waals surface area contributed by atoms with Gasteiger partial charge in [0, 0.05) is 6.20 Å². The summed E-state index contributed by atoms with van der Waals surface area (Å²) in [4.78, 5) is 3.39. The highest BCUT2D eigenvalue weighted by Crippen LogP contribution is 2.10. The van der Waals surface area contributed by atoms with E-state index in [-0.39, 0.29) is 17.1 Å². The maximum Gasteiger partial charge on any atom is 0.244 e. The van der Waals surface area contributed by atoms with Gasteiger partial charge >= 0.3 is 0 Å². The summed E-state index contributed by atoms with van der Waals surface area (Å²) in [6.45, 7) is -0.345. The van der Waals surface area contributed by atoms with Crippen LogP contribution in [0.15, 0.2) is 23.2 Å². The molecule has 0 aromatic carbocycles. The van der Waals surface area contributed by atoms with E-state index in [1.807, 2.05) is 4.72 Å². The topological polar surface area (TPSA) is 107 Å². The Hall–Kier alpha value is -1.96. The smallest absolute Gasteiger partial charge is 0.244 e. The summed E-state index contributed by atoms with van der Waals surface area (Å²) in [6.07, 6.45) is 1.32. The van der Waals surface area contributed by atoms with Gasteiger partial charge in [-0.3, -0.25) is 0 Å². The van der Waals surface area contributed by atoms with Crippen LogP contribution in [0.25, 0.3) is 0 Å². The van der Waals surface area contributed by atoms with Gasteiger partial charge in [-0.25, -0.2) is 13.4 Å². The maximum atomic E-state index is 11.5. The van der Waals surface area contributed by atoms with Crippen LogP contribution in [0.5, 0.6) is 0 Å². The Morgan fingerprint density at radius 2 is 2.20 bits per heavy atom. The van der Waals surface area contributed by atoms with E-state index >= 15 is 0 Å². The molecule has 0 atom stereocenters. The molecule has 0 saturated heterocycles. The summed E-state index contributed by atoms with van der Waals surface area (Å²) >= 11 is 0. The van der Waals surface area contributed by atoms with Crippen molar-refractivity contribution in [2.24, 2.45) is 0 Å². The molecule has 0 aliphatic rings. The fourth-order valence-electron chi connectivity index (χ4n) is 0.896. The van der Waals surface area contributed by atoms with E-state index in [9.17, 15) is 8.42 Å². The zero-order valence-corrected chi connectivity index (χ0v) is 8.32. The Labute approximate surface area is 86.8 Å². The van der Waals surface area contributed by atoms with Crippen molar-refractivity contribution in [3.8, 4) is 12.1 Å². The Morgan fingerprint density at radius 3 is 2.80 bits per heavy atom. The van der Waals surface area contributed by atoms with Crippen LogP contribution in [0.1, 0.15) is 5.69 Å². The van der Waals surface area contributed by atoms with Crippen molar-refractivity contribution in [2.75, 3.05) is 6.54 Å². The number of sulfonamides is 1. The molecular weight excluding hydrogens is 216 g/mol. The minimum Gasteiger partial charge on any atom is -0.244 e. The molecule has 0 aliphatic carbocycles. The lowest BCUT2D eigenvalue weighted by atomic mass is 10.4. The molecule has 1 N–H and O–H groups in total. The number of pyridine rings is 1. The number of nitrogens with zero attached hydrogens (tertiary/aromatic N) is 3. The molecule has 0 aliphatic heterocycles. The van der Waals surface area contributed by atoms with Crippen LogP contribution < -0.4 is 4.72 Å². The molecular formula is C8H6N4O2S. The van der Waals surface area contributed by atoms with Crippen molar-refractivity contribution in [3.05, 3.63) is 24.0 Å². The van der Waals surface area contributed by atoms with Crippen LogP contribution in [-0.2, 0) is 10.0 Å². The largest absolute Gasteiger partial charge is 0.244 e. The first-order valence-corrected chi connectivity index (χ1v) is 5.32. The highest BCUT2D eigenvalue weighted by molar-refractivity contribution is 7.89. The molecule has 0 radical (unpaired) electrons. The molecule has 0 unspecified atom stereocenters. The molecule has 1 aromatic heterocycles. The molecule has 6 nitrogen and oxygen atoms in total. The monoisotopic (exact) mass is 222 g/mol. The average Bonchev–Trinajstić information content (AvgIpc) is 2.26. The van der Waals surface area contributed by atoms with Gasteiger partial charge in [-0.15, -0.1) is 0 Å². The van der Waals surface area contributed by atoms with E-state index in [1.54, 1.807) is 12.1 Å². The summed E-state index contributed by atoms with van der Waals surface area (Å²) in [5.74, 6) is 0. The standard InChI is InChI=1S/C8H6N4O2S/c9-3-5-12-15(13,14)8-2-1-4-11-7(8)6-10/h1-2,4,12H,5H2. The third kappa shape index (κ3) is 2.50. The van der Waals surface area contributed by atoms with Gasteiger partial charge in [0.1, 0.15) is 11.0 Å². The Bertz CT molecular complexity index is 538. The van der Waals surface area contributed by atoms with Gasteiger partial charge in [-0.1, -0.05) is 0 Å². The fraction of sp³-hybridized carbons (Fsp3) is 0.125. The first-order chi connectivity index (χ1) is 7.11. The van der Waals surface area contributed by atoms with Crippen molar-refractivity contribution >= 4 is 10.0 Å². The third-order valence-electron chi connectivity index (χ3n) is 1.51. The van der Waals surface area contributed by atoms with Gasteiger partial charge in [-0.05, 0) is 12.1 Å². The molecule has 1 rings (SSSR count). The molecule has 7 heteroatoms. The SMILES string of the molecule is N#CCNS(=O)(=O)c1cccnc1C#N. The first-order valence-electron chi connectivity index (χ1n) is 3.83. The molecule has 0 fully saturated rings. The van der Waals surface area contributed by atoms with Gasteiger partial charge in [-0.2, -0.15) is 15.2 Å². The van der Waals surface area contributed by atoms with Crippen molar-refractivity contribution in [1.82, 2.24) is 9.71 Å². The second-order valence-corrected chi connectivity index (χ2v) is 4.18. The molecule has 1 heterocycles. The molecule has 1 aromatic rings. The molecule has 0 bridgehead atoms. The van der Waals surface area contributed by atoms with Gasteiger partial charge in [0.25, 0.3) is 0 Å². The van der Waals surface area contributed by atoms with E-state index in [0.717, 1.165) is 0 Å². The molecule has 76 valence electrons. The number of nitriles is 2. The van der Waals surface area contributed by atoms with Crippen molar-refractivity contribution < 1.29 is 8.42 Å². The Morgan fingerprint density at radius 1 is 1.47 bits per heavy atom. The number of nitrogens with one attached hydrogen (secondary N) is 1. The van der Waals surface area contributed by atoms with Crippen molar-refractivity contribution in [3.63, 3.8) is 0 Å². The lowest BCUT2D eigenvalue weighted by molar-refractivity contribution is 0.585. The minimum absolute atomic E-state index is 0.192. The summed E-state index contributed by atoms with van der Waals surface area (Å²) in [7, 11) is -3.82. The highest BCUT2D eigenvalue weighted by atomic mass is 32.2. The second kappa shape index (κ2) is 4.51. The molecule has 0 amide bonds. The summed E-state index contributed by atoms with van der Waals surface area (Å²) in [6, 6.07) is 5.96. The van der Waals surface area contributed by atoms with Crippen LogP contribution in [0.4, 0.5) is 0 Å². The third-order valence-corrected chi connectivity index (χ3v) is 2.94. The van der Waals surface area contributed by atoms with E-state index in [4.69, 9.17) is 10.5 Å². The van der Waals surface area contributed by atoms with Gasteiger partial charge in [0.15, 0.2) is 5.69 Å². The highest BCUT2D eigenvalue weighted by Gasteiger charge is 2.18. The van der Waals surface area contributed by atoms with Gasteiger partial charge in [0.05, 0.1) is 12.6 Å². The normalized spacial score (nSPS) is 10.3. The number of hydrogen-bond donors (Lipinski definition) is 1. The molecule has 0 saturated carbocycles. The molecule has 0 spiro atoms. The van der Waals surface area contributed by atoms with E-state index < -0.39 is 10.0 Å². The van der Waals surface area contributed by atoms with Crippen LogP contribution >= 0.6 is 0 Å². The van der Waals surface area contributed by atoms with E-state index in [0.29, 0.717) is 0 Å². The fourth-order valence-corrected chi connectivity index (χ4v) is 1.92. The lowest BCUT2D eigenvalue weighted by Crippen LogP contribution is -2.24. The first kappa shape index (κ1) is 11.1. The summed E-state index contributed by atoms with van der Waals surface area (Å²) in [5.41, 5.74) is -0.192. The maximum absolute atomic E-state index is 11.5. The Kier molecular flexibility index (Phi) is 3.34. The zero-order valence-electron chi connectivity index (χ0n) is 7.51. The molecule has 15 heavy (non-hydrogen) atoms. The van der Waals surface area contributed by atoms with Gasteiger partial charge in [0.2, 0.25) is 10.0 Å². The Balaban J connectivity index is 3.18. The second-order valence-electron chi connectivity index (χ2n) is 2.44. The van der Waals surface area contributed by atoms with Crippen LogP contribution in [0, 0.1) is 22.7 Å². The minimum atomic E-state index is -3.82. The van der Waals surface area contributed by atoms with Crippen molar-refractivity contribution in [1.29, 1.82) is 10.5 Å².